The monoisotopic (exact) mass is 222 g/mol. The predicted octanol–water partition coefficient (Wildman–Crippen LogP) is 0.128. The van der Waals surface area contributed by atoms with Gasteiger partial charge in [-0.15, -0.1) is 5.73 Å². The summed E-state index contributed by atoms with van der Waals surface area (Å²) < 4.78 is 21.5. The van der Waals surface area contributed by atoms with Gasteiger partial charge in [-0.3, -0.25) is 0 Å². The van der Waals surface area contributed by atoms with Gasteiger partial charge < -0.3 is 18.9 Å². The van der Waals surface area contributed by atoms with Gasteiger partial charge in [0.15, 0.2) is 0 Å². The molecule has 0 N–H and O–H groups in total. The van der Waals surface area contributed by atoms with Crippen LogP contribution in [0.5, 0.6) is 0 Å². The van der Waals surface area contributed by atoms with Crippen LogP contribution in [0.3, 0.4) is 0 Å². The molecule has 0 aromatic rings. The zero-order valence-corrected chi connectivity index (χ0v) is 8.94. The average Bonchev–Trinajstić information content (AvgIpc) is 2.22. The second-order valence-electron chi connectivity index (χ2n) is 3.08. The van der Waals surface area contributed by atoms with Crippen molar-refractivity contribution >= 4 is 18.9 Å². The van der Waals surface area contributed by atoms with E-state index in [9.17, 15) is 0 Å². The molecule has 1 unspecified atom stereocenters. The van der Waals surface area contributed by atoms with Crippen molar-refractivity contribution in [2.75, 3.05) is 46.2 Å². The minimum absolute atomic E-state index is 0. The standard InChI is InChI=1S/C11H18O4.Li.H/c1-2-3-11-10-14-7-6-12-4-5-13-8-9-15-11;;/h3,11H,1,4-10H2;;. The quantitative estimate of drug-likeness (QED) is 0.466. The van der Waals surface area contributed by atoms with E-state index in [0.29, 0.717) is 46.2 Å². The van der Waals surface area contributed by atoms with E-state index in [4.69, 9.17) is 18.9 Å². The topological polar surface area (TPSA) is 36.9 Å². The van der Waals surface area contributed by atoms with Crippen LogP contribution in [-0.4, -0.2) is 71.2 Å². The second kappa shape index (κ2) is 11.4. The molecule has 1 atom stereocenters. The number of hydrogen-bond acceptors (Lipinski definition) is 4. The first-order valence-corrected chi connectivity index (χ1v) is 5.14. The predicted molar refractivity (Wildman–Crippen MR) is 63.1 cm³/mol. The van der Waals surface area contributed by atoms with E-state index in [1.807, 2.05) is 0 Å². The van der Waals surface area contributed by atoms with Gasteiger partial charge in [0.25, 0.3) is 0 Å². The Labute approximate surface area is 109 Å². The molecule has 1 aliphatic rings. The third-order valence-electron chi connectivity index (χ3n) is 1.89. The Bertz CT molecular complexity index is 192. The Morgan fingerprint density at radius 3 is 2.12 bits per heavy atom. The molecular formula is C11H19LiO4. The number of ether oxygens (including phenoxy) is 4. The van der Waals surface area contributed by atoms with Gasteiger partial charge in [-0.05, 0) is 6.08 Å². The van der Waals surface area contributed by atoms with Gasteiger partial charge in [-0.2, -0.15) is 0 Å². The van der Waals surface area contributed by atoms with Gasteiger partial charge in [0.1, 0.15) is 6.10 Å². The zero-order chi connectivity index (χ0) is 10.8. The van der Waals surface area contributed by atoms with Gasteiger partial charge >= 0.3 is 18.9 Å². The molecule has 0 aromatic carbocycles. The normalized spacial score (nSPS) is 24.1. The molecular weight excluding hydrogens is 203 g/mol. The molecule has 1 aliphatic heterocycles. The van der Waals surface area contributed by atoms with E-state index in [0.717, 1.165) is 0 Å². The first-order valence-electron chi connectivity index (χ1n) is 5.14. The van der Waals surface area contributed by atoms with Gasteiger partial charge in [-0.25, -0.2) is 0 Å². The summed E-state index contributed by atoms with van der Waals surface area (Å²) in [4.78, 5) is 0. The fourth-order valence-electron chi connectivity index (χ4n) is 1.17. The molecule has 0 spiro atoms. The summed E-state index contributed by atoms with van der Waals surface area (Å²) in [6, 6.07) is 0. The van der Waals surface area contributed by atoms with Crippen molar-refractivity contribution in [3.63, 3.8) is 0 Å². The van der Waals surface area contributed by atoms with Crippen LogP contribution in [0, 0.1) is 0 Å². The molecule has 0 radical (unpaired) electrons. The van der Waals surface area contributed by atoms with Gasteiger partial charge in [-0.1, -0.05) is 6.58 Å². The van der Waals surface area contributed by atoms with Crippen molar-refractivity contribution in [3.8, 4) is 0 Å². The Hall–Kier alpha value is -0.0426. The third kappa shape index (κ3) is 8.15. The fourth-order valence-corrected chi connectivity index (χ4v) is 1.17. The molecule has 16 heavy (non-hydrogen) atoms. The Balaban J connectivity index is 0.00000225. The molecule has 1 rings (SSSR count). The van der Waals surface area contributed by atoms with Gasteiger partial charge in [0.05, 0.1) is 46.2 Å². The van der Waals surface area contributed by atoms with Crippen LogP contribution in [-0.2, 0) is 18.9 Å². The molecule has 0 amide bonds. The molecule has 1 fully saturated rings. The molecule has 1 saturated heterocycles. The van der Waals surface area contributed by atoms with Crippen LogP contribution in [0.25, 0.3) is 0 Å². The number of rotatable bonds is 1. The Morgan fingerprint density at radius 2 is 1.50 bits per heavy atom. The summed E-state index contributed by atoms with van der Waals surface area (Å²) in [5.74, 6) is 0. The van der Waals surface area contributed by atoms with Crippen molar-refractivity contribution < 1.29 is 18.9 Å². The molecule has 88 valence electrons. The van der Waals surface area contributed by atoms with E-state index in [1.165, 1.54) is 0 Å². The van der Waals surface area contributed by atoms with Crippen LogP contribution in [0.1, 0.15) is 0 Å². The van der Waals surface area contributed by atoms with Gasteiger partial charge in [0, 0.05) is 0 Å². The summed E-state index contributed by atoms with van der Waals surface area (Å²) >= 11 is 0. The zero-order valence-electron chi connectivity index (χ0n) is 8.94. The molecule has 1 heterocycles. The van der Waals surface area contributed by atoms with E-state index in [1.54, 1.807) is 6.08 Å². The van der Waals surface area contributed by atoms with Crippen molar-refractivity contribution in [2.24, 2.45) is 0 Å². The molecule has 4 nitrogen and oxygen atoms in total. The van der Waals surface area contributed by atoms with Crippen LogP contribution in [0.4, 0.5) is 0 Å². The maximum absolute atomic E-state index is 5.51. The summed E-state index contributed by atoms with van der Waals surface area (Å²) in [5.41, 5.74) is 2.70. The van der Waals surface area contributed by atoms with E-state index in [-0.39, 0.29) is 25.0 Å². The molecule has 0 bridgehead atoms. The summed E-state index contributed by atoms with van der Waals surface area (Å²) in [6.07, 6.45) is 1.66. The van der Waals surface area contributed by atoms with Crippen LogP contribution < -0.4 is 0 Å². The molecule has 5 heteroatoms. The Morgan fingerprint density at radius 1 is 0.938 bits per heavy atom. The van der Waals surface area contributed by atoms with Crippen molar-refractivity contribution in [2.45, 2.75) is 6.10 Å². The summed E-state index contributed by atoms with van der Waals surface area (Å²) in [7, 11) is 0. The van der Waals surface area contributed by atoms with Crippen LogP contribution in [0.2, 0.25) is 0 Å². The molecule has 0 aromatic heterocycles. The van der Waals surface area contributed by atoms with Crippen LogP contribution in [0.15, 0.2) is 18.4 Å². The molecule has 0 saturated carbocycles. The van der Waals surface area contributed by atoms with E-state index < -0.39 is 0 Å². The van der Waals surface area contributed by atoms with Gasteiger partial charge in [0.2, 0.25) is 0 Å². The minimum atomic E-state index is -0.0921. The summed E-state index contributed by atoms with van der Waals surface area (Å²) in [5, 5.41) is 0. The summed E-state index contributed by atoms with van der Waals surface area (Å²) in [6.45, 7) is 7.52. The van der Waals surface area contributed by atoms with Crippen molar-refractivity contribution in [3.05, 3.63) is 18.4 Å². The van der Waals surface area contributed by atoms with Crippen molar-refractivity contribution in [1.82, 2.24) is 0 Å². The Kier molecular flexibility index (Phi) is 11.4. The van der Waals surface area contributed by atoms with E-state index in [2.05, 4.69) is 12.3 Å². The second-order valence-corrected chi connectivity index (χ2v) is 3.08. The average molecular weight is 222 g/mol. The SMILES string of the molecule is C=C=CC1COCCOCCOCCO1.[LiH]. The van der Waals surface area contributed by atoms with Crippen LogP contribution >= 0.6 is 0 Å². The maximum atomic E-state index is 5.51. The fraction of sp³-hybridized carbons (Fsp3) is 0.727. The van der Waals surface area contributed by atoms with E-state index >= 15 is 0 Å². The first-order chi connectivity index (χ1) is 7.43. The van der Waals surface area contributed by atoms with Crippen molar-refractivity contribution in [1.29, 1.82) is 0 Å². The number of hydrogen-bond donors (Lipinski definition) is 0. The first kappa shape index (κ1) is 16.0. The molecule has 0 aliphatic carbocycles. The third-order valence-corrected chi connectivity index (χ3v) is 1.89.